The monoisotopic (exact) mass is 292 g/mol. The molecule has 6 nitrogen and oxygen atoms in total. The molecule has 0 aromatic carbocycles. The van der Waals surface area contributed by atoms with Gasteiger partial charge in [0.05, 0.1) is 5.41 Å². The lowest BCUT2D eigenvalue weighted by atomic mass is 10.1. The second-order valence-corrected chi connectivity index (χ2v) is 6.89. The Morgan fingerprint density at radius 1 is 1.45 bits per heavy atom. The summed E-state index contributed by atoms with van der Waals surface area (Å²) in [6.07, 6.45) is 3.20. The largest absolute Gasteiger partial charge is 0.342 e. The van der Waals surface area contributed by atoms with Gasteiger partial charge in [-0.15, -0.1) is 0 Å². The Labute approximate surface area is 120 Å². The van der Waals surface area contributed by atoms with Crippen LogP contribution in [0.3, 0.4) is 0 Å². The van der Waals surface area contributed by atoms with Crippen molar-refractivity contribution in [3.05, 3.63) is 5.82 Å². The van der Waals surface area contributed by atoms with Crippen LogP contribution >= 0.6 is 11.5 Å². The number of amides is 2. The third-order valence-electron chi connectivity index (χ3n) is 4.65. The average molecular weight is 292 g/mol. The molecule has 2 unspecified atom stereocenters. The van der Waals surface area contributed by atoms with Crippen LogP contribution in [0.15, 0.2) is 0 Å². The normalized spacial score (nSPS) is 31.1. The summed E-state index contributed by atoms with van der Waals surface area (Å²) in [5, 5.41) is 3.49. The molecule has 3 fully saturated rings. The highest BCUT2D eigenvalue weighted by Gasteiger charge is 2.65. The summed E-state index contributed by atoms with van der Waals surface area (Å²) in [4.78, 5) is 30.0. The number of aromatic nitrogens is 2. The molecule has 106 valence electrons. The number of hydrogen-bond acceptors (Lipinski definition) is 5. The number of rotatable bonds is 3. The smallest absolute Gasteiger partial charge is 0.234 e. The minimum absolute atomic E-state index is 0.00440. The molecule has 1 aromatic heterocycles. The van der Waals surface area contributed by atoms with Crippen LogP contribution in [0.5, 0.6) is 0 Å². The van der Waals surface area contributed by atoms with Crippen LogP contribution in [-0.4, -0.2) is 39.2 Å². The van der Waals surface area contributed by atoms with Crippen LogP contribution in [0.1, 0.15) is 37.9 Å². The highest BCUT2D eigenvalue weighted by atomic mass is 32.1. The SMILES string of the molecule is CC(=O)N1CC2CC2(C(=O)Nc2nc(C3CC3)ns2)C1. The van der Waals surface area contributed by atoms with Crippen LogP contribution in [0.25, 0.3) is 0 Å². The van der Waals surface area contributed by atoms with Crippen molar-refractivity contribution < 1.29 is 9.59 Å². The van der Waals surface area contributed by atoms with Crippen LogP contribution in [0, 0.1) is 11.3 Å². The Hall–Kier alpha value is -1.50. The average Bonchev–Trinajstić information content (AvgIpc) is 3.31. The summed E-state index contributed by atoms with van der Waals surface area (Å²) in [6, 6.07) is 0. The predicted molar refractivity (Wildman–Crippen MR) is 73.3 cm³/mol. The van der Waals surface area contributed by atoms with Gasteiger partial charge in [0.25, 0.3) is 0 Å². The van der Waals surface area contributed by atoms with Crippen molar-refractivity contribution in [2.24, 2.45) is 11.3 Å². The lowest BCUT2D eigenvalue weighted by molar-refractivity contribution is -0.129. The highest BCUT2D eigenvalue weighted by Crippen LogP contribution is 2.58. The van der Waals surface area contributed by atoms with E-state index in [-0.39, 0.29) is 17.2 Å². The molecule has 2 atom stereocenters. The summed E-state index contributed by atoms with van der Waals surface area (Å²) in [6.45, 7) is 2.82. The molecular formula is C13H16N4O2S. The first kappa shape index (κ1) is 12.3. The second kappa shape index (κ2) is 4.00. The molecule has 20 heavy (non-hydrogen) atoms. The van der Waals surface area contributed by atoms with Gasteiger partial charge in [-0.25, -0.2) is 4.98 Å². The van der Waals surface area contributed by atoms with E-state index in [1.807, 2.05) is 0 Å². The number of nitrogens with one attached hydrogen (secondary N) is 1. The number of fused-ring (bicyclic) bond motifs is 1. The summed E-state index contributed by atoms with van der Waals surface area (Å²) in [7, 11) is 0. The number of likely N-dealkylation sites (tertiary alicyclic amines) is 1. The van der Waals surface area contributed by atoms with Gasteiger partial charge in [-0.05, 0) is 25.2 Å². The third kappa shape index (κ3) is 1.83. The molecule has 7 heteroatoms. The van der Waals surface area contributed by atoms with Gasteiger partial charge in [-0.3, -0.25) is 9.59 Å². The molecule has 1 aromatic rings. The number of anilines is 1. The van der Waals surface area contributed by atoms with Gasteiger partial charge in [-0.2, -0.15) is 4.37 Å². The van der Waals surface area contributed by atoms with Crippen molar-refractivity contribution in [3.8, 4) is 0 Å². The lowest BCUT2D eigenvalue weighted by Gasteiger charge is -2.18. The second-order valence-electron chi connectivity index (χ2n) is 6.14. The summed E-state index contributed by atoms with van der Waals surface area (Å²) >= 11 is 1.26. The topological polar surface area (TPSA) is 75.2 Å². The Bertz CT molecular complexity index is 597. The summed E-state index contributed by atoms with van der Waals surface area (Å²) < 4.78 is 4.29. The van der Waals surface area contributed by atoms with Gasteiger partial charge >= 0.3 is 0 Å². The molecule has 2 saturated carbocycles. The number of nitrogens with zero attached hydrogens (tertiary/aromatic N) is 3. The molecule has 1 N–H and O–H groups in total. The van der Waals surface area contributed by atoms with Gasteiger partial charge in [0.1, 0.15) is 5.82 Å². The summed E-state index contributed by atoms with van der Waals surface area (Å²) in [5.41, 5.74) is -0.364. The van der Waals surface area contributed by atoms with E-state index in [1.165, 1.54) is 11.5 Å². The van der Waals surface area contributed by atoms with E-state index in [2.05, 4.69) is 14.7 Å². The van der Waals surface area contributed by atoms with Crippen LogP contribution in [0.2, 0.25) is 0 Å². The third-order valence-corrected chi connectivity index (χ3v) is 5.29. The number of carbonyl (C=O) groups excluding carboxylic acids is 2. The zero-order chi connectivity index (χ0) is 13.9. The maximum atomic E-state index is 12.4. The van der Waals surface area contributed by atoms with E-state index in [0.29, 0.717) is 30.1 Å². The van der Waals surface area contributed by atoms with Gasteiger partial charge in [0.15, 0.2) is 0 Å². The molecule has 3 aliphatic rings. The van der Waals surface area contributed by atoms with E-state index in [0.717, 1.165) is 25.1 Å². The van der Waals surface area contributed by atoms with Crippen molar-refractivity contribution in [3.63, 3.8) is 0 Å². The van der Waals surface area contributed by atoms with Crippen LogP contribution in [0.4, 0.5) is 5.13 Å². The van der Waals surface area contributed by atoms with Crippen molar-refractivity contribution in [2.45, 2.75) is 32.1 Å². The first-order valence-corrected chi connectivity index (χ1v) is 7.76. The predicted octanol–water partition coefficient (Wildman–Crippen LogP) is 1.22. The molecule has 0 bridgehead atoms. The van der Waals surface area contributed by atoms with E-state index in [9.17, 15) is 9.59 Å². The quantitative estimate of drug-likeness (QED) is 0.909. The van der Waals surface area contributed by atoms with Gasteiger partial charge in [0, 0.05) is 37.5 Å². The zero-order valence-corrected chi connectivity index (χ0v) is 12.1. The lowest BCUT2D eigenvalue weighted by Crippen LogP contribution is -2.34. The summed E-state index contributed by atoms with van der Waals surface area (Å²) in [5.74, 6) is 1.75. The maximum absolute atomic E-state index is 12.4. The highest BCUT2D eigenvalue weighted by molar-refractivity contribution is 7.09. The minimum atomic E-state index is -0.364. The van der Waals surface area contributed by atoms with Crippen molar-refractivity contribution in [1.29, 1.82) is 0 Å². The molecule has 0 radical (unpaired) electrons. The molecule has 0 spiro atoms. The molecular weight excluding hydrogens is 276 g/mol. The Balaban J connectivity index is 1.44. The molecule has 2 amide bonds. The van der Waals surface area contributed by atoms with Crippen LogP contribution in [-0.2, 0) is 9.59 Å². The van der Waals surface area contributed by atoms with E-state index in [4.69, 9.17) is 0 Å². The van der Waals surface area contributed by atoms with E-state index in [1.54, 1.807) is 11.8 Å². The van der Waals surface area contributed by atoms with E-state index < -0.39 is 0 Å². The van der Waals surface area contributed by atoms with Crippen molar-refractivity contribution in [1.82, 2.24) is 14.3 Å². The van der Waals surface area contributed by atoms with Gasteiger partial charge in [0.2, 0.25) is 16.9 Å². The van der Waals surface area contributed by atoms with Crippen molar-refractivity contribution in [2.75, 3.05) is 18.4 Å². The van der Waals surface area contributed by atoms with Crippen LogP contribution < -0.4 is 5.32 Å². The van der Waals surface area contributed by atoms with Gasteiger partial charge in [-0.1, -0.05) is 0 Å². The fourth-order valence-corrected chi connectivity index (χ4v) is 3.73. The van der Waals surface area contributed by atoms with Crippen molar-refractivity contribution >= 4 is 28.5 Å². The Kier molecular flexibility index (Phi) is 2.45. The first-order chi connectivity index (χ1) is 9.58. The Morgan fingerprint density at radius 2 is 2.25 bits per heavy atom. The number of piperidine rings is 1. The molecule has 1 aliphatic heterocycles. The standard InChI is InChI=1S/C13H16N4O2S/c1-7(18)17-5-9-4-13(9,6-17)11(19)15-12-14-10(16-20-12)8-2-3-8/h8-9H,2-6H2,1H3,(H,14,15,16,19). The van der Waals surface area contributed by atoms with Gasteiger partial charge < -0.3 is 10.2 Å². The van der Waals surface area contributed by atoms with E-state index >= 15 is 0 Å². The Morgan fingerprint density at radius 3 is 2.90 bits per heavy atom. The molecule has 2 heterocycles. The molecule has 1 saturated heterocycles. The minimum Gasteiger partial charge on any atom is -0.342 e. The fourth-order valence-electron chi connectivity index (χ4n) is 3.09. The molecule has 4 rings (SSSR count). The number of hydrogen-bond donors (Lipinski definition) is 1. The maximum Gasteiger partial charge on any atom is 0.234 e. The fraction of sp³-hybridized carbons (Fsp3) is 0.692. The number of carbonyl (C=O) groups is 2. The molecule has 2 aliphatic carbocycles. The first-order valence-electron chi connectivity index (χ1n) is 6.99. The zero-order valence-electron chi connectivity index (χ0n) is 11.3.